The molecule has 0 saturated carbocycles. The molecule has 0 saturated heterocycles. The Kier molecular flexibility index (Phi) is 5.02. The standard InChI is InChI=1S/C13H17FO/c1-2-3-9-13(15)11-7-5-4-6-8-12(14)10-11/h4-5,7-8H,2-3,6,9-10H2,1H3/b5-4-,11-7+,12-8+. The van der Waals surface area contributed by atoms with Gasteiger partial charge in [-0.15, -0.1) is 0 Å². The minimum Gasteiger partial charge on any atom is -0.295 e. The van der Waals surface area contributed by atoms with Crippen LogP contribution in [0.15, 0.2) is 35.7 Å². The molecular formula is C13H17FO. The lowest BCUT2D eigenvalue weighted by atomic mass is 10.0. The second-order valence-electron chi connectivity index (χ2n) is 3.71. The fraction of sp³-hybridized carbons (Fsp3) is 0.462. The number of halogens is 1. The maximum absolute atomic E-state index is 13.2. The number of unbranched alkanes of at least 4 members (excludes halogenated alkanes) is 1. The molecule has 0 unspecified atom stereocenters. The second-order valence-corrected chi connectivity index (χ2v) is 3.71. The fourth-order valence-electron chi connectivity index (χ4n) is 1.46. The van der Waals surface area contributed by atoms with E-state index < -0.39 is 0 Å². The van der Waals surface area contributed by atoms with Gasteiger partial charge in [0, 0.05) is 18.4 Å². The van der Waals surface area contributed by atoms with Crippen LogP contribution in [-0.4, -0.2) is 5.78 Å². The highest BCUT2D eigenvalue weighted by Gasteiger charge is 2.11. The lowest BCUT2D eigenvalue weighted by Crippen LogP contribution is -2.03. The van der Waals surface area contributed by atoms with Gasteiger partial charge >= 0.3 is 0 Å². The van der Waals surface area contributed by atoms with Gasteiger partial charge in [-0.3, -0.25) is 4.79 Å². The van der Waals surface area contributed by atoms with Gasteiger partial charge in [0.05, 0.1) is 0 Å². The van der Waals surface area contributed by atoms with E-state index in [1.165, 1.54) is 6.08 Å². The average molecular weight is 208 g/mol. The molecule has 1 nitrogen and oxygen atoms in total. The zero-order chi connectivity index (χ0) is 11.1. The van der Waals surface area contributed by atoms with Gasteiger partial charge in [0.15, 0.2) is 5.78 Å². The number of Topliss-reactive ketones (excluding diaryl/α,β-unsaturated/α-hetero) is 1. The summed E-state index contributed by atoms with van der Waals surface area (Å²) in [4.78, 5) is 11.7. The predicted molar refractivity (Wildman–Crippen MR) is 60.2 cm³/mol. The molecule has 0 fully saturated rings. The van der Waals surface area contributed by atoms with Crippen LogP contribution in [0.2, 0.25) is 0 Å². The molecular weight excluding hydrogens is 191 g/mol. The van der Waals surface area contributed by atoms with Crippen molar-refractivity contribution >= 4 is 5.78 Å². The van der Waals surface area contributed by atoms with Gasteiger partial charge in [-0.1, -0.05) is 31.6 Å². The number of carbonyl (C=O) groups is 1. The SMILES string of the molecule is CCCCC(=O)/C1=C/C=C\C/C=C(/F)C1. The summed E-state index contributed by atoms with van der Waals surface area (Å²) in [7, 11) is 0. The van der Waals surface area contributed by atoms with Crippen molar-refractivity contribution in [1.29, 1.82) is 0 Å². The quantitative estimate of drug-likeness (QED) is 0.685. The van der Waals surface area contributed by atoms with Gasteiger partial charge in [0.1, 0.15) is 5.83 Å². The van der Waals surface area contributed by atoms with Crippen LogP contribution in [-0.2, 0) is 4.79 Å². The van der Waals surface area contributed by atoms with Crippen LogP contribution in [0, 0.1) is 0 Å². The van der Waals surface area contributed by atoms with E-state index in [1.54, 1.807) is 6.08 Å². The lowest BCUT2D eigenvalue weighted by Gasteiger charge is -2.05. The van der Waals surface area contributed by atoms with Crippen LogP contribution < -0.4 is 0 Å². The average Bonchev–Trinajstić information content (AvgIpc) is 2.19. The van der Waals surface area contributed by atoms with E-state index in [-0.39, 0.29) is 18.0 Å². The molecule has 82 valence electrons. The number of hydrogen-bond donors (Lipinski definition) is 0. The van der Waals surface area contributed by atoms with E-state index in [4.69, 9.17) is 0 Å². The number of ketones is 1. The van der Waals surface area contributed by atoms with Crippen LogP contribution in [0.4, 0.5) is 4.39 Å². The summed E-state index contributed by atoms with van der Waals surface area (Å²) in [5.74, 6) is -0.123. The van der Waals surface area contributed by atoms with Gasteiger partial charge in [-0.05, 0) is 18.9 Å². The summed E-state index contributed by atoms with van der Waals surface area (Å²) in [6.45, 7) is 2.04. The first-order valence-electron chi connectivity index (χ1n) is 5.47. The smallest absolute Gasteiger partial charge is 0.159 e. The van der Waals surface area contributed by atoms with E-state index in [9.17, 15) is 9.18 Å². The Bertz CT molecular complexity index is 310. The molecule has 0 aliphatic heterocycles. The Hall–Kier alpha value is -1.18. The number of hydrogen-bond acceptors (Lipinski definition) is 1. The van der Waals surface area contributed by atoms with Crippen LogP contribution in [0.3, 0.4) is 0 Å². The van der Waals surface area contributed by atoms with E-state index in [1.807, 2.05) is 19.1 Å². The summed E-state index contributed by atoms with van der Waals surface area (Å²) in [6.07, 6.45) is 10.1. The van der Waals surface area contributed by atoms with Gasteiger partial charge in [-0.25, -0.2) is 4.39 Å². The van der Waals surface area contributed by atoms with E-state index in [0.29, 0.717) is 18.4 Å². The molecule has 0 N–H and O–H groups in total. The maximum Gasteiger partial charge on any atom is 0.159 e. The van der Waals surface area contributed by atoms with Gasteiger partial charge in [0.2, 0.25) is 0 Å². The number of carbonyl (C=O) groups excluding carboxylic acids is 1. The highest BCUT2D eigenvalue weighted by atomic mass is 19.1. The van der Waals surface area contributed by atoms with Crippen molar-refractivity contribution in [3.8, 4) is 0 Å². The summed E-state index contributed by atoms with van der Waals surface area (Å²) in [5, 5.41) is 0. The summed E-state index contributed by atoms with van der Waals surface area (Å²) in [5.41, 5.74) is 0.591. The van der Waals surface area contributed by atoms with Crippen molar-refractivity contribution in [3.05, 3.63) is 35.7 Å². The van der Waals surface area contributed by atoms with E-state index >= 15 is 0 Å². The molecule has 0 amide bonds. The molecule has 1 aliphatic rings. The highest BCUT2D eigenvalue weighted by Crippen LogP contribution is 2.18. The Balaban J connectivity index is 2.66. The van der Waals surface area contributed by atoms with E-state index in [0.717, 1.165) is 12.8 Å². The first kappa shape index (κ1) is 11.9. The third kappa shape index (κ3) is 4.24. The molecule has 0 spiro atoms. The maximum atomic E-state index is 13.2. The van der Waals surface area contributed by atoms with Crippen LogP contribution in [0.1, 0.15) is 39.0 Å². The minimum atomic E-state index is -0.199. The monoisotopic (exact) mass is 208 g/mol. The largest absolute Gasteiger partial charge is 0.295 e. The third-order valence-corrected chi connectivity index (χ3v) is 2.38. The predicted octanol–water partition coefficient (Wildman–Crippen LogP) is 3.88. The van der Waals surface area contributed by atoms with Crippen molar-refractivity contribution in [2.45, 2.75) is 39.0 Å². The van der Waals surface area contributed by atoms with Gasteiger partial charge in [-0.2, -0.15) is 0 Å². The van der Waals surface area contributed by atoms with Crippen molar-refractivity contribution < 1.29 is 9.18 Å². The molecule has 0 atom stereocenters. The van der Waals surface area contributed by atoms with Crippen molar-refractivity contribution in [1.82, 2.24) is 0 Å². The number of rotatable bonds is 4. The normalized spacial score (nSPS) is 25.5. The molecule has 0 aromatic heterocycles. The van der Waals surface area contributed by atoms with Crippen molar-refractivity contribution in [2.75, 3.05) is 0 Å². The molecule has 0 radical (unpaired) electrons. The Morgan fingerprint density at radius 3 is 3.07 bits per heavy atom. The zero-order valence-electron chi connectivity index (χ0n) is 9.13. The second kappa shape index (κ2) is 6.33. The van der Waals surface area contributed by atoms with Crippen LogP contribution in [0.25, 0.3) is 0 Å². The van der Waals surface area contributed by atoms with Crippen LogP contribution >= 0.6 is 0 Å². The molecule has 2 heteroatoms. The first-order chi connectivity index (χ1) is 7.24. The lowest BCUT2D eigenvalue weighted by molar-refractivity contribution is -0.115. The summed E-state index contributed by atoms with van der Waals surface area (Å²) in [6, 6.07) is 0. The third-order valence-electron chi connectivity index (χ3n) is 2.38. The van der Waals surface area contributed by atoms with Crippen molar-refractivity contribution in [3.63, 3.8) is 0 Å². The van der Waals surface area contributed by atoms with Crippen molar-refractivity contribution in [2.24, 2.45) is 0 Å². The Labute approximate surface area is 90.4 Å². The molecule has 0 aromatic rings. The highest BCUT2D eigenvalue weighted by molar-refractivity contribution is 5.95. The molecule has 0 aromatic carbocycles. The molecule has 15 heavy (non-hydrogen) atoms. The summed E-state index contributed by atoms with van der Waals surface area (Å²) >= 11 is 0. The van der Waals surface area contributed by atoms with Crippen LogP contribution in [0.5, 0.6) is 0 Å². The van der Waals surface area contributed by atoms with E-state index in [2.05, 4.69) is 0 Å². The Morgan fingerprint density at radius 1 is 1.53 bits per heavy atom. The molecule has 1 rings (SSSR count). The Morgan fingerprint density at radius 2 is 2.33 bits per heavy atom. The number of allylic oxidation sites excluding steroid dienone is 6. The summed E-state index contributed by atoms with van der Waals surface area (Å²) < 4.78 is 13.2. The molecule has 0 bridgehead atoms. The van der Waals surface area contributed by atoms with Gasteiger partial charge in [0.25, 0.3) is 0 Å². The first-order valence-corrected chi connectivity index (χ1v) is 5.47. The van der Waals surface area contributed by atoms with Gasteiger partial charge < -0.3 is 0 Å². The fourth-order valence-corrected chi connectivity index (χ4v) is 1.46. The molecule has 0 heterocycles. The minimum absolute atomic E-state index is 0.0759. The zero-order valence-corrected chi connectivity index (χ0v) is 9.13. The molecule has 1 aliphatic carbocycles. The topological polar surface area (TPSA) is 17.1 Å².